The Kier molecular flexibility index (Phi) is 12.8. The zero-order valence-corrected chi connectivity index (χ0v) is 24.7. The van der Waals surface area contributed by atoms with Gasteiger partial charge in [0.15, 0.2) is 5.71 Å². The maximum Gasteiger partial charge on any atom is 0.360 e. The Morgan fingerprint density at radius 2 is 1.67 bits per heavy atom. The van der Waals surface area contributed by atoms with E-state index < -0.39 is 5.97 Å². The molecule has 3 rings (SSSR count). The van der Waals surface area contributed by atoms with Gasteiger partial charge in [-0.2, -0.15) is 0 Å². The van der Waals surface area contributed by atoms with Crippen molar-refractivity contribution < 1.29 is 23.5 Å². The van der Waals surface area contributed by atoms with E-state index in [1.165, 1.54) is 20.3 Å². The van der Waals surface area contributed by atoms with E-state index in [9.17, 15) is 9.59 Å². The summed E-state index contributed by atoms with van der Waals surface area (Å²) < 4.78 is 17.1. The minimum Gasteiger partial charge on any atom is -0.493 e. The number of hydrogen-bond acceptors (Lipinski definition) is 9. The molecule has 0 atom stereocenters. The molecule has 210 valence electrons. The minimum atomic E-state index is -0.576. The van der Waals surface area contributed by atoms with Gasteiger partial charge in [0, 0.05) is 23.4 Å². The quantitative estimate of drug-likeness (QED) is 0.0453. The third-order valence-corrected chi connectivity index (χ3v) is 8.96. The smallest absolute Gasteiger partial charge is 0.360 e. The van der Waals surface area contributed by atoms with Crippen molar-refractivity contribution in [2.24, 2.45) is 5.16 Å². The van der Waals surface area contributed by atoms with Gasteiger partial charge < -0.3 is 18.7 Å². The Morgan fingerprint density at radius 3 is 2.33 bits per heavy atom. The predicted molar refractivity (Wildman–Crippen MR) is 161 cm³/mol. The van der Waals surface area contributed by atoms with Crippen LogP contribution in [-0.2, 0) is 20.8 Å². The largest absolute Gasteiger partial charge is 0.493 e. The summed E-state index contributed by atoms with van der Waals surface area (Å²) in [5, 5.41) is 4.77. The number of nitrogens with zero attached hydrogens (tertiary/aromatic N) is 1. The Morgan fingerprint density at radius 1 is 0.974 bits per heavy atom. The van der Waals surface area contributed by atoms with Crippen molar-refractivity contribution in [2.45, 2.75) is 50.5 Å². The fourth-order valence-corrected chi connectivity index (χ4v) is 7.07. The second-order valence-corrected chi connectivity index (χ2v) is 11.5. The van der Waals surface area contributed by atoms with Crippen LogP contribution in [0.3, 0.4) is 0 Å². The van der Waals surface area contributed by atoms with E-state index in [1.54, 1.807) is 6.07 Å². The summed E-state index contributed by atoms with van der Waals surface area (Å²) in [4.78, 5) is 29.5. The molecule has 0 fully saturated rings. The molecule has 0 saturated heterocycles. The van der Waals surface area contributed by atoms with Crippen LogP contribution in [0.5, 0.6) is 5.75 Å². The average Bonchev–Trinajstić information content (AvgIpc) is 2.95. The molecule has 39 heavy (non-hydrogen) atoms. The van der Waals surface area contributed by atoms with Crippen LogP contribution < -0.4 is 10.4 Å². The van der Waals surface area contributed by atoms with Gasteiger partial charge in [-0.15, -0.1) is 23.5 Å². The van der Waals surface area contributed by atoms with E-state index in [2.05, 4.69) is 19.0 Å². The number of esters is 1. The molecule has 0 aliphatic rings. The predicted octanol–water partition coefficient (Wildman–Crippen LogP) is 7.00. The summed E-state index contributed by atoms with van der Waals surface area (Å²) >= 11 is 3.74. The zero-order valence-electron chi connectivity index (χ0n) is 23.1. The molecule has 0 bridgehead atoms. The van der Waals surface area contributed by atoms with Crippen LogP contribution in [0.15, 0.2) is 62.9 Å². The van der Waals surface area contributed by atoms with Gasteiger partial charge in [-0.05, 0) is 48.1 Å². The van der Waals surface area contributed by atoms with Crippen LogP contribution in [0.2, 0.25) is 0 Å². The van der Waals surface area contributed by atoms with Gasteiger partial charge in [0.1, 0.15) is 18.4 Å². The molecule has 9 heteroatoms. The average molecular weight is 572 g/mol. The van der Waals surface area contributed by atoms with E-state index in [-0.39, 0.29) is 15.9 Å². The minimum absolute atomic E-state index is 0.0689. The topological polar surface area (TPSA) is 87.3 Å². The van der Waals surface area contributed by atoms with Gasteiger partial charge in [0.05, 0.1) is 23.9 Å². The number of oxime groups is 1. The fourth-order valence-electron chi connectivity index (χ4n) is 3.99. The molecule has 0 aliphatic heterocycles. The van der Waals surface area contributed by atoms with Crippen LogP contribution in [0.1, 0.15) is 60.8 Å². The Balaban J connectivity index is 1.94. The SMILES string of the molecule is CCCCSC(SCCCC)c1c(OCCc2ccccc2/C(=N\OC)C(=O)OC)ccc2ccc(=O)oc12. The van der Waals surface area contributed by atoms with Gasteiger partial charge in [0.2, 0.25) is 0 Å². The highest BCUT2D eigenvalue weighted by atomic mass is 32.2. The lowest BCUT2D eigenvalue weighted by Crippen LogP contribution is -2.20. The van der Waals surface area contributed by atoms with E-state index in [0.717, 1.165) is 53.7 Å². The Bertz CT molecular complexity index is 1300. The monoisotopic (exact) mass is 571 g/mol. The lowest BCUT2D eigenvalue weighted by molar-refractivity contribution is -0.132. The first kappa shape index (κ1) is 30.6. The van der Waals surface area contributed by atoms with Crippen molar-refractivity contribution in [3.8, 4) is 5.75 Å². The molecule has 0 amide bonds. The molecule has 7 nitrogen and oxygen atoms in total. The number of carbonyl (C=O) groups is 1. The number of hydrogen-bond donors (Lipinski definition) is 0. The highest BCUT2D eigenvalue weighted by Gasteiger charge is 2.23. The van der Waals surface area contributed by atoms with Crippen LogP contribution in [0.25, 0.3) is 11.0 Å². The van der Waals surface area contributed by atoms with Gasteiger partial charge in [0.25, 0.3) is 0 Å². The van der Waals surface area contributed by atoms with E-state index in [0.29, 0.717) is 29.9 Å². The molecule has 0 spiro atoms. The van der Waals surface area contributed by atoms with Gasteiger partial charge in [-0.3, -0.25) is 0 Å². The number of unbranched alkanes of at least 4 members (excludes halogenated alkanes) is 2. The zero-order chi connectivity index (χ0) is 28.0. The number of fused-ring (bicyclic) bond motifs is 1. The molecule has 3 aromatic rings. The van der Waals surface area contributed by atoms with Crippen LogP contribution in [-0.4, -0.2) is 44.0 Å². The Labute approximate surface area is 238 Å². The van der Waals surface area contributed by atoms with Crippen LogP contribution in [0, 0.1) is 0 Å². The van der Waals surface area contributed by atoms with Crippen molar-refractivity contribution >= 4 is 46.2 Å². The molecular formula is C30H37NO6S2. The van der Waals surface area contributed by atoms with Crippen molar-refractivity contribution in [3.05, 3.63) is 75.6 Å². The third-order valence-electron chi connectivity index (χ3n) is 6.02. The second kappa shape index (κ2) is 16.3. The van der Waals surface area contributed by atoms with E-state index in [4.69, 9.17) is 18.7 Å². The molecule has 0 aliphatic carbocycles. The number of methoxy groups -OCH3 is 1. The second-order valence-electron chi connectivity index (χ2n) is 8.80. The summed E-state index contributed by atoms with van der Waals surface area (Å²) in [7, 11) is 2.70. The van der Waals surface area contributed by atoms with E-state index >= 15 is 0 Å². The lowest BCUT2D eigenvalue weighted by Gasteiger charge is -2.21. The summed E-state index contributed by atoms with van der Waals surface area (Å²) in [6, 6.07) is 14.6. The fraction of sp³-hybridized carbons (Fsp3) is 0.433. The third kappa shape index (κ3) is 8.54. The molecule has 2 aromatic carbocycles. The first-order valence-corrected chi connectivity index (χ1v) is 15.3. The summed E-state index contributed by atoms with van der Waals surface area (Å²) in [6.45, 7) is 4.72. The van der Waals surface area contributed by atoms with Crippen LogP contribution >= 0.6 is 23.5 Å². The highest BCUT2D eigenvalue weighted by molar-refractivity contribution is 8.16. The molecule has 0 unspecified atom stereocenters. The van der Waals surface area contributed by atoms with Crippen molar-refractivity contribution in [1.82, 2.24) is 0 Å². The van der Waals surface area contributed by atoms with Crippen molar-refractivity contribution in [2.75, 3.05) is 32.3 Å². The molecular weight excluding hydrogens is 534 g/mol. The van der Waals surface area contributed by atoms with Crippen molar-refractivity contribution in [3.63, 3.8) is 0 Å². The molecule has 1 heterocycles. The Hall–Kier alpha value is -2.91. The number of ether oxygens (including phenoxy) is 2. The highest BCUT2D eigenvalue weighted by Crippen LogP contribution is 2.47. The van der Waals surface area contributed by atoms with Gasteiger partial charge in [-0.25, -0.2) is 9.59 Å². The van der Waals surface area contributed by atoms with Crippen LogP contribution in [0.4, 0.5) is 0 Å². The number of rotatable bonds is 16. The summed E-state index contributed by atoms with van der Waals surface area (Å²) in [6.07, 6.45) is 4.98. The summed E-state index contributed by atoms with van der Waals surface area (Å²) in [5.74, 6) is 2.14. The molecule has 1 aromatic heterocycles. The number of benzene rings is 2. The van der Waals surface area contributed by atoms with Gasteiger partial charge >= 0.3 is 11.6 Å². The van der Waals surface area contributed by atoms with Gasteiger partial charge in [-0.1, -0.05) is 56.1 Å². The number of thioether (sulfide) groups is 2. The maximum atomic E-state index is 12.3. The van der Waals surface area contributed by atoms with Crippen molar-refractivity contribution in [1.29, 1.82) is 0 Å². The number of carbonyl (C=O) groups excluding carboxylic acids is 1. The standard InChI is InChI=1S/C30H37NO6S2/c1-5-7-19-38-30(39-20-8-6-2)26-24(15-13-22-14-16-25(32)37-28(22)26)36-18-17-21-11-9-10-12-23(21)27(31-35-4)29(33)34-3/h9-16,30H,5-8,17-20H2,1-4H3/b31-27+. The molecule has 0 saturated carbocycles. The first-order valence-electron chi connectivity index (χ1n) is 13.2. The summed E-state index contributed by atoms with van der Waals surface area (Å²) in [5.41, 5.74) is 2.72. The molecule has 0 radical (unpaired) electrons. The lowest BCUT2D eigenvalue weighted by atomic mass is 10.0. The first-order chi connectivity index (χ1) is 19.0. The maximum absolute atomic E-state index is 12.3. The van der Waals surface area contributed by atoms with E-state index in [1.807, 2.05) is 59.9 Å². The normalized spacial score (nSPS) is 11.7. The molecule has 0 N–H and O–H groups in total.